The van der Waals surface area contributed by atoms with Gasteiger partial charge in [-0.15, -0.1) is 0 Å². The summed E-state index contributed by atoms with van der Waals surface area (Å²) in [4.78, 5) is 14.6. The van der Waals surface area contributed by atoms with Gasteiger partial charge in [-0.2, -0.15) is 0 Å². The van der Waals surface area contributed by atoms with Crippen LogP contribution in [-0.2, 0) is 0 Å². The van der Waals surface area contributed by atoms with Crippen molar-refractivity contribution in [3.63, 3.8) is 0 Å². The van der Waals surface area contributed by atoms with Crippen LogP contribution in [0.3, 0.4) is 0 Å². The lowest BCUT2D eigenvalue weighted by Crippen LogP contribution is -1.96. The van der Waals surface area contributed by atoms with E-state index in [1.807, 2.05) is 0 Å². The highest BCUT2D eigenvalue weighted by Gasteiger charge is 2.04. The number of carbonyl (C=O) groups is 1. The number of nitrogens with two attached hydrogens (primary N) is 1. The van der Waals surface area contributed by atoms with Gasteiger partial charge in [-0.3, -0.25) is 4.98 Å². The van der Waals surface area contributed by atoms with Crippen LogP contribution >= 0.6 is 0 Å². The molecule has 2 aromatic rings. The molecule has 3 N–H and O–H groups in total. The Balaban J connectivity index is 2.43. The fraction of sp³-hybridized carbons (Fsp3) is 0. The van der Waals surface area contributed by atoms with Crippen molar-refractivity contribution in [2.75, 3.05) is 5.73 Å². The molecule has 0 radical (unpaired) electrons. The van der Waals surface area contributed by atoms with Crippen molar-refractivity contribution in [3.05, 3.63) is 48.3 Å². The fourth-order valence-electron chi connectivity index (χ4n) is 1.46. The Morgan fingerprint density at radius 1 is 1.19 bits per heavy atom. The second-order valence-electron chi connectivity index (χ2n) is 3.35. The van der Waals surface area contributed by atoms with Gasteiger partial charge in [0.05, 0.1) is 17.4 Å². The first-order chi connectivity index (χ1) is 7.68. The smallest absolute Gasteiger partial charge is 0.335 e. The number of carboxylic acid groups (broad SMARTS) is 1. The van der Waals surface area contributed by atoms with Crippen LogP contribution in [0.4, 0.5) is 5.69 Å². The van der Waals surface area contributed by atoms with Gasteiger partial charge in [0.25, 0.3) is 0 Å². The molecule has 1 aromatic heterocycles. The van der Waals surface area contributed by atoms with Gasteiger partial charge in [0, 0.05) is 11.8 Å². The highest BCUT2D eigenvalue weighted by Crippen LogP contribution is 2.24. The molecular weight excluding hydrogens is 204 g/mol. The molecular formula is C12H10N2O2. The van der Waals surface area contributed by atoms with Crippen molar-refractivity contribution >= 4 is 11.7 Å². The average Bonchev–Trinajstić information content (AvgIpc) is 2.30. The van der Waals surface area contributed by atoms with E-state index in [2.05, 4.69) is 4.98 Å². The van der Waals surface area contributed by atoms with Crippen molar-refractivity contribution in [2.24, 2.45) is 0 Å². The molecule has 0 spiro atoms. The van der Waals surface area contributed by atoms with Gasteiger partial charge >= 0.3 is 5.97 Å². The van der Waals surface area contributed by atoms with Gasteiger partial charge in [0.2, 0.25) is 0 Å². The third-order valence-electron chi connectivity index (χ3n) is 2.29. The first-order valence-electron chi connectivity index (χ1n) is 4.71. The van der Waals surface area contributed by atoms with Gasteiger partial charge in [-0.05, 0) is 23.8 Å². The number of rotatable bonds is 2. The number of aromatic nitrogens is 1. The molecule has 0 aliphatic rings. The fourth-order valence-corrected chi connectivity index (χ4v) is 1.46. The average molecular weight is 214 g/mol. The Kier molecular flexibility index (Phi) is 2.55. The summed E-state index contributed by atoms with van der Waals surface area (Å²) in [6.45, 7) is 0. The maximum absolute atomic E-state index is 10.7. The number of aromatic carboxylic acids is 1. The largest absolute Gasteiger partial charge is 0.478 e. The van der Waals surface area contributed by atoms with E-state index in [1.54, 1.807) is 42.7 Å². The number of hydrogen-bond acceptors (Lipinski definition) is 3. The van der Waals surface area contributed by atoms with Crippen LogP contribution in [0.25, 0.3) is 11.1 Å². The predicted molar refractivity (Wildman–Crippen MR) is 61.0 cm³/mol. The number of nitrogen functional groups attached to an aromatic ring is 1. The van der Waals surface area contributed by atoms with Gasteiger partial charge in [-0.1, -0.05) is 12.1 Å². The molecule has 0 bridgehead atoms. The molecule has 0 aliphatic carbocycles. The number of nitrogens with zero attached hydrogens (tertiary/aromatic N) is 1. The molecule has 0 atom stereocenters. The molecule has 1 aromatic carbocycles. The lowest BCUT2D eigenvalue weighted by atomic mass is 10.0. The quantitative estimate of drug-likeness (QED) is 0.801. The zero-order chi connectivity index (χ0) is 11.5. The summed E-state index contributed by atoms with van der Waals surface area (Å²) in [7, 11) is 0. The second kappa shape index (κ2) is 4.02. The first kappa shape index (κ1) is 10.2. The summed E-state index contributed by atoms with van der Waals surface area (Å²) in [6, 6.07) is 8.37. The third kappa shape index (κ3) is 1.86. The van der Waals surface area contributed by atoms with Gasteiger partial charge in [0.15, 0.2) is 0 Å². The van der Waals surface area contributed by atoms with Crippen LogP contribution in [0.15, 0.2) is 42.7 Å². The minimum Gasteiger partial charge on any atom is -0.478 e. The summed E-state index contributed by atoms with van der Waals surface area (Å²) in [6.07, 6.45) is 3.22. The predicted octanol–water partition coefficient (Wildman–Crippen LogP) is 2.03. The molecule has 0 unspecified atom stereocenters. The molecule has 1 heterocycles. The van der Waals surface area contributed by atoms with E-state index in [1.165, 1.54) is 0 Å². The molecule has 0 aliphatic heterocycles. The van der Waals surface area contributed by atoms with Crippen molar-refractivity contribution in [1.29, 1.82) is 0 Å². The summed E-state index contributed by atoms with van der Waals surface area (Å²) in [5.74, 6) is -0.936. The Bertz CT molecular complexity index is 521. The van der Waals surface area contributed by atoms with Crippen molar-refractivity contribution in [3.8, 4) is 11.1 Å². The van der Waals surface area contributed by atoms with Gasteiger partial charge in [0.1, 0.15) is 0 Å². The number of pyridine rings is 1. The van der Waals surface area contributed by atoms with E-state index in [0.717, 1.165) is 11.1 Å². The van der Waals surface area contributed by atoms with Crippen LogP contribution in [0, 0.1) is 0 Å². The molecule has 0 saturated heterocycles. The maximum Gasteiger partial charge on any atom is 0.335 e. The highest BCUT2D eigenvalue weighted by atomic mass is 16.4. The second-order valence-corrected chi connectivity index (χ2v) is 3.35. The number of carboxylic acids is 1. The maximum atomic E-state index is 10.7. The van der Waals surface area contributed by atoms with Crippen molar-refractivity contribution < 1.29 is 9.90 Å². The van der Waals surface area contributed by atoms with Crippen LogP contribution in [0.2, 0.25) is 0 Å². The van der Waals surface area contributed by atoms with E-state index < -0.39 is 5.97 Å². The van der Waals surface area contributed by atoms with E-state index >= 15 is 0 Å². The third-order valence-corrected chi connectivity index (χ3v) is 2.29. The number of benzene rings is 1. The van der Waals surface area contributed by atoms with Crippen LogP contribution in [-0.4, -0.2) is 16.1 Å². The highest BCUT2D eigenvalue weighted by molar-refractivity contribution is 5.88. The lowest BCUT2D eigenvalue weighted by molar-refractivity contribution is 0.0697. The molecule has 2 rings (SSSR count). The van der Waals surface area contributed by atoms with Crippen molar-refractivity contribution in [2.45, 2.75) is 0 Å². The Labute approximate surface area is 92.4 Å². The van der Waals surface area contributed by atoms with Gasteiger partial charge < -0.3 is 10.8 Å². The standard InChI is InChI=1S/C12H10N2O2/c13-11-7-14-6-5-10(11)8-1-3-9(4-2-8)12(15)16/h1-7H,13H2,(H,15,16). The van der Waals surface area contributed by atoms with Crippen LogP contribution in [0.5, 0.6) is 0 Å². The Morgan fingerprint density at radius 3 is 2.44 bits per heavy atom. The monoisotopic (exact) mass is 214 g/mol. The minimum absolute atomic E-state index is 0.261. The van der Waals surface area contributed by atoms with Gasteiger partial charge in [-0.25, -0.2) is 4.79 Å². The number of anilines is 1. The van der Waals surface area contributed by atoms with Crippen LogP contribution < -0.4 is 5.73 Å². The minimum atomic E-state index is -0.936. The topological polar surface area (TPSA) is 76.2 Å². The molecule has 0 amide bonds. The number of hydrogen-bond donors (Lipinski definition) is 2. The molecule has 4 heteroatoms. The Hall–Kier alpha value is -2.36. The molecule has 80 valence electrons. The Morgan fingerprint density at radius 2 is 1.88 bits per heavy atom. The van der Waals surface area contributed by atoms with E-state index in [0.29, 0.717) is 5.69 Å². The van der Waals surface area contributed by atoms with E-state index in [9.17, 15) is 4.79 Å². The molecule has 16 heavy (non-hydrogen) atoms. The molecule has 0 fully saturated rings. The summed E-state index contributed by atoms with van der Waals surface area (Å²) >= 11 is 0. The summed E-state index contributed by atoms with van der Waals surface area (Å²) in [5, 5.41) is 8.77. The first-order valence-corrected chi connectivity index (χ1v) is 4.71. The SMILES string of the molecule is Nc1cnccc1-c1ccc(C(=O)O)cc1. The normalized spacial score (nSPS) is 10.0. The zero-order valence-electron chi connectivity index (χ0n) is 8.42. The molecule has 4 nitrogen and oxygen atoms in total. The lowest BCUT2D eigenvalue weighted by Gasteiger charge is -2.04. The van der Waals surface area contributed by atoms with E-state index in [-0.39, 0.29) is 5.56 Å². The van der Waals surface area contributed by atoms with Crippen LogP contribution in [0.1, 0.15) is 10.4 Å². The molecule has 0 saturated carbocycles. The van der Waals surface area contributed by atoms with Crippen molar-refractivity contribution in [1.82, 2.24) is 4.98 Å². The summed E-state index contributed by atoms with van der Waals surface area (Å²) in [5.41, 5.74) is 8.34. The zero-order valence-corrected chi connectivity index (χ0v) is 8.42. The summed E-state index contributed by atoms with van der Waals surface area (Å²) < 4.78 is 0. The van der Waals surface area contributed by atoms with E-state index in [4.69, 9.17) is 10.8 Å².